The van der Waals surface area contributed by atoms with Crippen molar-refractivity contribution in [1.82, 2.24) is 10.2 Å². The predicted molar refractivity (Wildman–Crippen MR) is 148 cm³/mol. The molecule has 0 saturated heterocycles. The van der Waals surface area contributed by atoms with Crippen molar-refractivity contribution < 1.29 is 22.7 Å². The van der Waals surface area contributed by atoms with E-state index in [1.54, 1.807) is 29.2 Å². The number of amides is 2. The van der Waals surface area contributed by atoms with Gasteiger partial charge >= 0.3 is 0 Å². The highest BCUT2D eigenvalue weighted by Gasteiger charge is 2.31. The highest BCUT2D eigenvalue weighted by Crippen LogP contribution is 2.24. The largest absolute Gasteiger partial charge is 0.497 e. The lowest BCUT2D eigenvalue weighted by Crippen LogP contribution is -2.53. The molecular weight excluding hydrogens is 490 g/mol. The molecule has 0 spiro atoms. The monoisotopic (exact) mass is 531 g/mol. The van der Waals surface area contributed by atoms with Crippen LogP contribution in [0.5, 0.6) is 5.75 Å². The van der Waals surface area contributed by atoms with E-state index < -0.39 is 21.6 Å². The quantitative estimate of drug-likeness (QED) is 0.441. The molecule has 2 rings (SSSR count). The van der Waals surface area contributed by atoms with Crippen LogP contribution in [0.25, 0.3) is 0 Å². The average molecular weight is 532 g/mol. The van der Waals surface area contributed by atoms with Gasteiger partial charge in [0.1, 0.15) is 11.8 Å². The Morgan fingerprint density at radius 1 is 1.08 bits per heavy atom. The maximum Gasteiger partial charge on any atom is 0.243 e. The number of ether oxygens (including phenoxy) is 1. The Bertz CT molecular complexity index is 1170. The molecule has 2 aromatic rings. The summed E-state index contributed by atoms with van der Waals surface area (Å²) in [6.45, 7) is 10.0. The summed E-state index contributed by atoms with van der Waals surface area (Å²) in [4.78, 5) is 28.3. The van der Waals surface area contributed by atoms with Crippen molar-refractivity contribution in [2.45, 2.75) is 72.0 Å². The molecule has 0 radical (unpaired) electrons. The smallest absolute Gasteiger partial charge is 0.243 e. The van der Waals surface area contributed by atoms with E-state index >= 15 is 0 Å². The highest BCUT2D eigenvalue weighted by molar-refractivity contribution is 7.92. The number of hydrogen-bond donors (Lipinski definition) is 1. The third-order valence-corrected chi connectivity index (χ3v) is 7.17. The van der Waals surface area contributed by atoms with Crippen molar-refractivity contribution in [3.63, 3.8) is 0 Å². The number of aryl methyl sites for hydroxylation is 1. The number of nitrogens with zero attached hydrogens (tertiary/aromatic N) is 2. The second kappa shape index (κ2) is 12.9. The van der Waals surface area contributed by atoms with Gasteiger partial charge in [-0.1, -0.05) is 37.3 Å². The molecule has 0 unspecified atom stereocenters. The van der Waals surface area contributed by atoms with E-state index in [-0.39, 0.29) is 24.8 Å². The van der Waals surface area contributed by atoms with E-state index in [0.717, 1.165) is 17.4 Å². The van der Waals surface area contributed by atoms with Crippen LogP contribution in [0.4, 0.5) is 5.69 Å². The fourth-order valence-corrected chi connectivity index (χ4v) is 5.07. The van der Waals surface area contributed by atoms with E-state index in [1.807, 2.05) is 58.9 Å². The summed E-state index contributed by atoms with van der Waals surface area (Å²) in [5.41, 5.74) is 2.04. The number of rotatable bonds is 12. The molecule has 37 heavy (non-hydrogen) atoms. The minimum absolute atomic E-state index is 0.0984. The molecule has 0 heterocycles. The van der Waals surface area contributed by atoms with Crippen LogP contribution in [-0.2, 0) is 26.2 Å². The second-order valence-corrected chi connectivity index (χ2v) is 12.2. The zero-order valence-corrected chi connectivity index (χ0v) is 23.9. The van der Waals surface area contributed by atoms with Gasteiger partial charge in [-0.3, -0.25) is 13.9 Å². The first-order valence-corrected chi connectivity index (χ1v) is 14.4. The Hall–Kier alpha value is -3.07. The highest BCUT2D eigenvalue weighted by atomic mass is 32.2. The van der Waals surface area contributed by atoms with Gasteiger partial charge in [0.15, 0.2) is 0 Å². The maximum absolute atomic E-state index is 13.6. The van der Waals surface area contributed by atoms with Gasteiger partial charge in [0.05, 0.1) is 19.1 Å². The Morgan fingerprint density at radius 2 is 1.76 bits per heavy atom. The van der Waals surface area contributed by atoms with Gasteiger partial charge in [-0.05, 0) is 63.8 Å². The van der Waals surface area contributed by atoms with Gasteiger partial charge in [-0.25, -0.2) is 8.42 Å². The zero-order chi connectivity index (χ0) is 27.8. The Labute approximate surface area is 222 Å². The zero-order valence-electron chi connectivity index (χ0n) is 23.1. The average Bonchev–Trinajstić information content (AvgIpc) is 2.80. The van der Waals surface area contributed by atoms with Gasteiger partial charge in [0, 0.05) is 31.1 Å². The van der Waals surface area contributed by atoms with Crippen LogP contribution in [0.15, 0.2) is 48.5 Å². The third kappa shape index (κ3) is 9.07. The van der Waals surface area contributed by atoms with E-state index in [9.17, 15) is 18.0 Å². The normalized spacial score (nSPS) is 12.5. The Morgan fingerprint density at radius 3 is 2.32 bits per heavy atom. The molecule has 0 saturated carbocycles. The first-order chi connectivity index (χ1) is 17.3. The summed E-state index contributed by atoms with van der Waals surface area (Å²) in [6, 6.07) is 14.0. The van der Waals surface area contributed by atoms with Gasteiger partial charge in [-0.2, -0.15) is 0 Å². The minimum Gasteiger partial charge on any atom is -0.497 e. The SMILES string of the molecule is CC[C@H](C(=O)NC(C)(C)C)N(Cc1ccccc1C)C(=O)CCCN(c1cccc(OC)c1)S(C)(=O)=O. The molecule has 1 atom stereocenters. The number of benzene rings is 2. The molecular formula is C28H41N3O5S. The topological polar surface area (TPSA) is 96.0 Å². The predicted octanol–water partition coefficient (Wildman–Crippen LogP) is 4.27. The molecule has 0 bridgehead atoms. The van der Waals surface area contributed by atoms with Crippen LogP contribution in [0.1, 0.15) is 58.1 Å². The summed E-state index contributed by atoms with van der Waals surface area (Å²) in [5.74, 6) is 0.145. The van der Waals surface area contributed by atoms with Crippen LogP contribution < -0.4 is 14.4 Å². The summed E-state index contributed by atoms with van der Waals surface area (Å²) < 4.78 is 31.6. The van der Waals surface area contributed by atoms with Crippen LogP contribution in [0, 0.1) is 6.92 Å². The number of carbonyl (C=O) groups excluding carboxylic acids is 2. The number of anilines is 1. The number of hydrogen-bond acceptors (Lipinski definition) is 5. The summed E-state index contributed by atoms with van der Waals surface area (Å²) in [7, 11) is -2.06. The van der Waals surface area contributed by atoms with Crippen LogP contribution >= 0.6 is 0 Å². The van der Waals surface area contributed by atoms with Crippen molar-refractivity contribution in [2.75, 3.05) is 24.2 Å². The lowest BCUT2D eigenvalue weighted by Gasteiger charge is -2.33. The number of carbonyl (C=O) groups is 2. The van der Waals surface area contributed by atoms with Crippen LogP contribution in [0.2, 0.25) is 0 Å². The molecule has 204 valence electrons. The third-order valence-electron chi connectivity index (χ3n) is 5.98. The lowest BCUT2D eigenvalue weighted by molar-refractivity contribution is -0.142. The van der Waals surface area contributed by atoms with Crippen molar-refractivity contribution in [1.29, 1.82) is 0 Å². The van der Waals surface area contributed by atoms with Gasteiger partial charge in [0.25, 0.3) is 0 Å². The summed E-state index contributed by atoms with van der Waals surface area (Å²) in [5, 5.41) is 3.00. The maximum atomic E-state index is 13.6. The van der Waals surface area contributed by atoms with E-state index in [4.69, 9.17) is 4.74 Å². The molecule has 0 fully saturated rings. The first-order valence-electron chi connectivity index (χ1n) is 12.5. The summed E-state index contributed by atoms with van der Waals surface area (Å²) in [6.07, 6.45) is 1.99. The standard InChI is InChI=1S/C28H41N3O5S/c1-8-25(27(33)29-28(3,4)5)30(20-22-14-10-9-13-21(22)2)26(32)17-12-18-31(37(7,34)35)23-15-11-16-24(19-23)36-6/h9-11,13-16,19,25H,8,12,17-18,20H2,1-7H3,(H,29,33)/t25-/m1/s1. The van der Waals surface area contributed by atoms with Gasteiger partial charge < -0.3 is 15.0 Å². The minimum atomic E-state index is -3.58. The molecule has 2 aromatic carbocycles. The van der Waals surface area contributed by atoms with Crippen LogP contribution in [0.3, 0.4) is 0 Å². The van der Waals surface area contributed by atoms with Crippen molar-refractivity contribution in [2.24, 2.45) is 0 Å². The first kappa shape index (κ1) is 30.2. The molecule has 8 nitrogen and oxygen atoms in total. The number of methoxy groups -OCH3 is 1. The molecule has 0 aliphatic heterocycles. The van der Waals surface area contributed by atoms with E-state index in [1.165, 1.54) is 11.4 Å². The molecule has 1 N–H and O–H groups in total. The van der Waals surface area contributed by atoms with Gasteiger partial charge in [-0.15, -0.1) is 0 Å². The molecule has 9 heteroatoms. The molecule has 0 aliphatic carbocycles. The van der Waals surface area contributed by atoms with Crippen molar-refractivity contribution in [3.8, 4) is 5.75 Å². The fraction of sp³-hybridized carbons (Fsp3) is 0.500. The number of sulfonamides is 1. The van der Waals surface area contributed by atoms with Crippen molar-refractivity contribution in [3.05, 3.63) is 59.7 Å². The lowest BCUT2D eigenvalue weighted by atomic mass is 10.0. The Kier molecular flexibility index (Phi) is 10.5. The van der Waals surface area contributed by atoms with Gasteiger partial charge in [0.2, 0.25) is 21.8 Å². The fourth-order valence-electron chi connectivity index (χ4n) is 4.11. The molecule has 0 aliphatic rings. The Balaban J connectivity index is 2.26. The van der Waals surface area contributed by atoms with Crippen LogP contribution in [-0.4, -0.2) is 56.6 Å². The summed E-state index contributed by atoms with van der Waals surface area (Å²) >= 11 is 0. The number of nitrogens with one attached hydrogen (secondary N) is 1. The molecule has 0 aromatic heterocycles. The second-order valence-electron chi connectivity index (χ2n) is 10.3. The molecule has 2 amide bonds. The van der Waals surface area contributed by atoms with E-state index in [2.05, 4.69) is 5.32 Å². The van der Waals surface area contributed by atoms with E-state index in [0.29, 0.717) is 30.8 Å². The van der Waals surface area contributed by atoms with Crippen molar-refractivity contribution >= 4 is 27.5 Å².